The Morgan fingerprint density at radius 3 is 2.21 bits per heavy atom. The molecule has 7 nitrogen and oxygen atoms in total. The number of amides is 2. The summed E-state index contributed by atoms with van der Waals surface area (Å²) < 4.78 is 10.5. The first kappa shape index (κ1) is 25.6. The number of esters is 1. The van der Waals surface area contributed by atoms with Crippen molar-refractivity contribution in [1.82, 2.24) is 10.6 Å². The fraction of sp³-hybridized carbons (Fsp3) is 0.346. The summed E-state index contributed by atoms with van der Waals surface area (Å²) in [6.45, 7) is 4.01. The fourth-order valence-corrected chi connectivity index (χ4v) is 3.20. The van der Waals surface area contributed by atoms with Gasteiger partial charge in [-0.3, -0.25) is 9.59 Å². The average Bonchev–Trinajstić information content (AvgIpc) is 2.82. The van der Waals surface area contributed by atoms with Gasteiger partial charge in [0.1, 0.15) is 18.4 Å². The largest absolute Gasteiger partial charge is 0.497 e. The Bertz CT molecular complexity index is 952. The van der Waals surface area contributed by atoms with Crippen molar-refractivity contribution < 1.29 is 23.9 Å². The molecule has 0 bridgehead atoms. The van der Waals surface area contributed by atoms with Crippen LogP contribution in [0.5, 0.6) is 5.75 Å². The van der Waals surface area contributed by atoms with E-state index in [2.05, 4.69) is 10.6 Å². The van der Waals surface area contributed by atoms with Gasteiger partial charge in [0.2, 0.25) is 11.8 Å². The Hall–Kier alpha value is -3.61. The molecule has 0 aromatic heterocycles. The zero-order chi connectivity index (χ0) is 24.2. The van der Waals surface area contributed by atoms with Crippen LogP contribution in [0, 0.1) is 5.92 Å². The van der Waals surface area contributed by atoms with E-state index in [-0.39, 0.29) is 24.0 Å². The van der Waals surface area contributed by atoms with Crippen molar-refractivity contribution in [3.63, 3.8) is 0 Å². The van der Waals surface area contributed by atoms with Crippen LogP contribution in [0.25, 0.3) is 0 Å². The van der Waals surface area contributed by atoms with Gasteiger partial charge in [-0.2, -0.15) is 0 Å². The molecule has 0 saturated carbocycles. The Kier molecular flexibility index (Phi) is 10.1. The second-order valence-electron chi connectivity index (χ2n) is 8.05. The minimum Gasteiger partial charge on any atom is -0.497 e. The molecule has 0 fully saturated rings. The summed E-state index contributed by atoms with van der Waals surface area (Å²) in [7, 11) is 3.09. The number of benzene rings is 2. The zero-order valence-corrected chi connectivity index (χ0v) is 19.6. The fourth-order valence-electron chi connectivity index (χ4n) is 3.20. The van der Waals surface area contributed by atoms with Crippen LogP contribution >= 0.6 is 0 Å². The SMILES string of the molecule is CNC(=O)[C@H](Cc1ccc(OC)cc1)NC(=O)/C(=C/C(=O)OCc1ccccc1)CC(C)C. The molecule has 33 heavy (non-hydrogen) atoms. The molecule has 2 aromatic rings. The number of carbonyl (C=O) groups excluding carboxylic acids is 3. The molecule has 0 heterocycles. The normalized spacial score (nSPS) is 12.1. The molecule has 0 saturated heterocycles. The molecule has 2 N–H and O–H groups in total. The van der Waals surface area contributed by atoms with E-state index in [4.69, 9.17) is 9.47 Å². The van der Waals surface area contributed by atoms with Gasteiger partial charge in [-0.25, -0.2) is 4.79 Å². The number of carbonyl (C=O) groups is 3. The smallest absolute Gasteiger partial charge is 0.331 e. The van der Waals surface area contributed by atoms with Crippen molar-refractivity contribution in [2.45, 2.75) is 39.3 Å². The molecule has 0 spiro atoms. The van der Waals surface area contributed by atoms with E-state index in [0.29, 0.717) is 18.6 Å². The van der Waals surface area contributed by atoms with Crippen LogP contribution < -0.4 is 15.4 Å². The van der Waals surface area contributed by atoms with E-state index in [0.717, 1.165) is 11.1 Å². The number of hydrogen-bond acceptors (Lipinski definition) is 5. The van der Waals surface area contributed by atoms with E-state index >= 15 is 0 Å². The maximum absolute atomic E-state index is 13.0. The summed E-state index contributed by atoms with van der Waals surface area (Å²) in [6.07, 6.45) is 1.88. The van der Waals surface area contributed by atoms with Crippen molar-refractivity contribution in [2.75, 3.05) is 14.2 Å². The van der Waals surface area contributed by atoms with Gasteiger partial charge in [0.05, 0.1) is 7.11 Å². The lowest BCUT2D eigenvalue weighted by molar-refractivity contribution is -0.139. The number of likely N-dealkylation sites (N-methyl/N-ethyl adjacent to an activating group) is 1. The predicted molar refractivity (Wildman–Crippen MR) is 126 cm³/mol. The maximum Gasteiger partial charge on any atom is 0.331 e. The van der Waals surface area contributed by atoms with E-state index in [1.807, 2.05) is 56.3 Å². The number of rotatable bonds is 11. The molecule has 0 radical (unpaired) electrons. The van der Waals surface area contributed by atoms with Gasteiger partial charge in [0, 0.05) is 25.1 Å². The van der Waals surface area contributed by atoms with Gasteiger partial charge in [-0.15, -0.1) is 0 Å². The second kappa shape index (κ2) is 13.1. The van der Waals surface area contributed by atoms with Crippen LogP contribution in [0.2, 0.25) is 0 Å². The van der Waals surface area contributed by atoms with Crippen LogP contribution in [-0.4, -0.2) is 38.0 Å². The summed E-state index contributed by atoms with van der Waals surface area (Å²) >= 11 is 0. The van der Waals surface area contributed by atoms with Crippen molar-refractivity contribution in [3.05, 3.63) is 77.4 Å². The summed E-state index contributed by atoms with van der Waals surface area (Å²) in [5, 5.41) is 5.35. The van der Waals surface area contributed by atoms with Crippen LogP contribution in [-0.2, 0) is 32.1 Å². The van der Waals surface area contributed by atoms with Crippen molar-refractivity contribution in [1.29, 1.82) is 0 Å². The number of nitrogens with one attached hydrogen (secondary N) is 2. The minimum absolute atomic E-state index is 0.116. The predicted octanol–water partition coefficient (Wildman–Crippen LogP) is 3.18. The first-order valence-corrected chi connectivity index (χ1v) is 10.9. The monoisotopic (exact) mass is 452 g/mol. The summed E-state index contributed by atoms with van der Waals surface area (Å²) in [5.74, 6) is -0.562. The molecule has 0 aliphatic carbocycles. The van der Waals surface area contributed by atoms with Crippen molar-refractivity contribution >= 4 is 17.8 Å². The average molecular weight is 453 g/mol. The lowest BCUT2D eigenvalue weighted by atomic mass is 10.00. The zero-order valence-electron chi connectivity index (χ0n) is 19.6. The number of ether oxygens (including phenoxy) is 2. The molecule has 0 unspecified atom stereocenters. The maximum atomic E-state index is 13.0. The molecule has 176 valence electrons. The third kappa shape index (κ3) is 8.80. The Balaban J connectivity index is 2.12. The van der Waals surface area contributed by atoms with Crippen molar-refractivity contribution in [2.24, 2.45) is 5.92 Å². The highest BCUT2D eigenvalue weighted by molar-refractivity contribution is 6.01. The van der Waals surface area contributed by atoms with E-state index in [9.17, 15) is 14.4 Å². The second-order valence-corrected chi connectivity index (χ2v) is 8.05. The standard InChI is InChI=1S/C26H32N2O5/c1-18(2)14-21(16-24(29)33-17-20-8-6-5-7-9-20)25(30)28-23(26(31)27-3)15-19-10-12-22(32-4)13-11-19/h5-13,16,18,23H,14-15,17H2,1-4H3,(H,27,31)(H,28,30)/b21-16+/t23-/m0/s1. The van der Waals surface area contributed by atoms with Gasteiger partial charge in [-0.1, -0.05) is 56.3 Å². The summed E-state index contributed by atoms with van der Waals surface area (Å²) in [4.78, 5) is 37.8. The van der Waals surface area contributed by atoms with Crippen LogP contribution in [0.15, 0.2) is 66.2 Å². The minimum atomic E-state index is -0.799. The highest BCUT2D eigenvalue weighted by Gasteiger charge is 2.23. The van der Waals surface area contributed by atoms with Gasteiger partial charge in [0.25, 0.3) is 0 Å². The van der Waals surface area contributed by atoms with Crippen LogP contribution in [0.3, 0.4) is 0 Å². The van der Waals surface area contributed by atoms with E-state index < -0.39 is 17.9 Å². The first-order chi connectivity index (χ1) is 15.8. The molecule has 0 aliphatic heterocycles. The molecule has 2 aromatic carbocycles. The Labute approximate surface area is 195 Å². The third-order valence-corrected chi connectivity index (χ3v) is 4.90. The summed E-state index contributed by atoms with van der Waals surface area (Å²) in [5.41, 5.74) is 1.99. The highest BCUT2D eigenvalue weighted by atomic mass is 16.5. The Morgan fingerprint density at radius 2 is 1.64 bits per heavy atom. The van der Waals surface area contributed by atoms with Crippen LogP contribution in [0.4, 0.5) is 0 Å². The number of hydrogen-bond donors (Lipinski definition) is 2. The lowest BCUT2D eigenvalue weighted by Gasteiger charge is -2.19. The van der Waals surface area contributed by atoms with Gasteiger partial charge < -0.3 is 20.1 Å². The topological polar surface area (TPSA) is 93.7 Å². The molecule has 7 heteroatoms. The Morgan fingerprint density at radius 1 is 0.970 bits per heavy atom. The quantitative estimate of drug-likeness (QED) is 0.403. The van der Waals surface area contributed by atoms with Crippen molar-refractivity contribution in [3.8, 4) is 5.75 Å². The molecule has 2 amide bonds. The van der Waals surface area contributed by atoms with Gasteiger partial charge in [-0.05, 0) is 35.6 Å². The summed E-state index contributed by atoms with van der Waals surface area (Å²) in [6, 6.07) is 15.8. The highest BCUT2D eigenvalue weighted by Crippen LogP contribution is 2.15. The number of methoxy groups -OCH3 is 1. The molecule has 0 aliphatic rings. The van der Waals surface area contributed by atoms with Gasteiger partial charge in [0.15, 0.2) is 0 Å². The first-order valence-electron chi connectivity index (χ1n) is 10.9. The van der Waals surface area contributed by atoms with E-state index in [1.165, 1.54) is 13.1 Å². The molecule has 2 rings (SSSR count). The third-order valence-electron chi connectivity index (χ3n) is 4.90. The lowest BCUT2D eigenvalue weighted by Crippen LogP contribution is -2.47. The molecular formula is C26H32N2O5. The van der Waals surface area contributed by atoms with Gasteiger partial charge >= 0.3 is 5.97 Å². The van der Waals surface area contributed by atoms with E-state index in [1.54, 1.807) is 19.2 Å². The molecular weight excluding hydrogens is 420 g/mol. The van der Waals surface area contributed by atoms with Crippen LogP contribution in [0.1, 0.15) is 31.4 Å². The molecule has 1 atom stereocenters.